The van der Waals surface area contributed by atoms with Gasteiger partial charge in [-0.15, -0.1) is 0 Å². The number of carbonyl (C=O) groups is 2. The second-order valence-electron chi connectivity index (χ2n) is 8.12. The molecule has 3 atom stereocenters. The molecule has 0 radical (unpaired) electrons. The van der Waals surface area contributed by atoms with Gasteiger partial charge in [0.25, 0.3) is 0 Å². The largest absolute Gasteiger partial charge is 0.352 e. The molecule has 1 saturated carbocycles. The van der Waals surface area contributed by atoms with Crippen molar-refractivity contribution in [3.8, 4) is 11.3 Å². The molecule has 0 spiro atoms. The van der Waals surface area contributed by atoms with Crippen LogP contribution in [-0.2, 0) is 11.3 Å². The quantitative estimate of drug-likeness (QED) is 0.757. The van der Waals surface area contributed by atoms with Crippen LogP contribution in [0, 0.1) is 24.6 Å². The van der Waals surface area contributed by atoms with Gasteiger partial charge in [-0.25, -0.2) is 4.39 Å². The lowest BCUT2D eigenvalue weighted by molar-refractivity contribution is -0.123. The van der Waals surface area contributed by atoms with Gasteiger partial charge in [-0.05, 0) is 68.0 Å². The Morgan fingerprint density at radius 3 is 2.50 bits per heavy atom. The molecule has 2 aromatic rings. The molecule has 0 bridgehead atoms. The summed E-state index contributed by atoms with van der Waals surface area (Å²) in [4.78, 5) is 24.9. The zero-order valence-corrected chi connectivity index (χ0v) is 17.1. The zero-order chi connectivity index (χ0) is 20.4. The van der Waals surface area contributed by atoms with Crippen LogP contribution < -0.4 is 5.32 Å². The number of hydrogen-bond donors (Lipinski definition) is 1. The molecule has 5 heteroatoms. The molecular formula is C23H29FN2O2. The maximum atomic E-state index is 13.3. The van der Waals surface area contributed by atoms with Crippen molar-refractivity contribution in [1.82, 2.24) is 9.88 Å². The second kappa shape index (κ2) is 8.29. The van der Waals surface area contributed by atoms with Crippen molar-refractivity contribution in [1.29, 1.82) is 0 Å². The molecule has 1 amide bonds. The van der Waals surface area contributed by atoms with E-state index in [4.69, 9.17) is 0 Å². The molecule has 0 aliphatic heterocycles. The van der Waals surface area contributed by atoms with E-state index in [2.05, 4.69) is 19.2 Å². The molecule has 0 unspecified atom stereocenters. The van der Waals surface area contributed by atoms with E-state index >= 15 is 0 Å². The van der Waals surface area contributed by atoms with Crippen molar-refractivity contribution in [2.24, 2.45) is 11.8 Å². The lowest BCUT2D eigenvalue weighted by Gasteiger charge is -2.34. The Bertz CT molecular complexity index is 869. The first-order valence-electron chi connectivity index (χ1n) is 10.0. The molecule has 1 heterocycles. The van der Waals surface area contributed by atoms with Crippen molar-refractivity contribution in [2.75, 3.05) is 0 Å². The van der Waals surface area contributed by atoms with Crippen LogP contribution in [0.25, 0.3) is 11.3 Å². The van der Waals surface area contributed by atoms with E-state index in [1.165, 1.54) is 25.5 Å². The first-order chi connectivity index (χ1) is 13.3. The van der Waals surface area contributed by atoms with Crippen LogP contribution >= 0.6 is 0 Å². The van der Waals surface area contributed by atoms with Gasteiger partial charge < -0.3 is 9.88 Å². The summed E-state index contributed by atoms with van der Waals surface area (Å²) in [7, 11) is 0. The summed E-state index contributed by atoms with van der Waals surface area (Å²) in [5.41, 5.74) is 2.88. The topological polar surface area (TPSA) is 51.1 Å². The Labute approximate surface area is 166 Å². The first kappa shape index (κ1) is 20.3. The number of halogens is 1. The minimum Gasteiger partial charge on any atom is -0.352 e. The highest BCUT2D eigenvalue weighted by atomic mass is 19.1. The summed E-state index contributed by atoms with van der Waals surface area (Å²) >= 11 is 0. The Morgan fingerprint density at radius 1 is 1.18 bits per heavy atom. The third kappa shape index (κ3) is 4.18. The number of carbonyl (C=O) groups excluding carboxylic acids is 2. The van der Waals surface area contributed by atoms with Crippen molar-refractivity contribution >= 4 is 11.7 Å². The van der Waals surface area contributed by atoms with Crippen LogP contribution in [0.2, 0.25) is 0 Å². The minimum atomic E-state index is -0.316. The van der Waals surface area contributed by atoms with Gasteiger partial charge >= 0.3 is 0 Å². The van der Waals surface area contributed by atoms with E-state index in [1.807, 2.05) is 11.5 Å². The van der Waals surface area contributed by atoms with E-state index < -0.39 is 0 Å². The Kier molecular flexibility index (Phi) is 6.01. The Hall–Kier alpha value is -2.43. The number of amides is 1. The lowest BCUT2D eigenvalue weighted by atomic mass is 9.78. The van der Waals surface area contributed by atoms with Crippen LogP contribution in [0.15, 0.2) is 30.3 Å². The van der Waals surface area contributed by atoms with E-state index in [9.17, 15) is 14.0 Å². The van der Waals surface area contributed by atoms with E-state index in [-0.39, 0.29) is 30.1 Å². The molecule has 3 rings (SSSR count). The third-order valence-corrected chi connectivity index (χ3v) is 6.24. The molecule has 1 N–H and O–H groups in total. The van der Waals surface area contributed by atoms with Crippen LogP contribution in [0.5, 0.6) is 0 Å². The van der Waals surface area contributed by atoms with Crippen molar-refractivity contribution in [3.63, 3.8) is 0 Å². The van der Waals surface area contributed by atoms with Gasteiger partial charge in [-0.3, -0.25) is 9.59 Å². The molecule has 150 valence electrons. The zero-order valence-electron chi connectivity index (χ0n) is 17.1. The van der Waals surface area contributed by atoms with Crippen LogP contribution in [0.1, 0.15) is 56.1 Å². The number of hydrogen-bond acceptors (Lipinski definition) is 2. The summed E-state index contributed by atoms with van der Waals surface area (Å²) < 4.78 is 15.2. The van der Waals surface area contributed by atoms with Crippen LogP contribution in [0.4, 0.5) is 4.39 Å². The van der Waals surface area contributed by atoms with E-state index in [0.29, 0.717) is 17.4 Å². The van der Waals surface area contributed by atoms with E-state index in [0.717, 1.165) is 29.8 Å². The summed E-state index contributed by atoms with van der Waals surface area (Å²) in [6.45, 7) is 7.95. The van der Waals surface area contributed by atoms with Crippen molar-refractivity contribution < 1.29 is 14.0 Å². The fraction of sp³-hybridized carbons (Fsp3) is 0.478. The molecular weight excluding hydrogens is 355 g/mol. The SMILES string of the molecule is CC(=O)c1cc(-c2ccc(F)cc2)n(CC(=O)N[C@@H]2CCC[C@H](C)[C@H]2C)c1C. The van der Waals surface area contributed by atoms with E-state index in [1.54, 1.807) is 18.2 Å². The predicted molar refractivity (Wildman–Crippen MR) is 109 cm³/mol. The van der Waals surface area contributed by atoms with Gasteiger partial charge in [-0.2, -0.15) is 0 Å². The monoisotopic (exact) mass is 384 g/mol. The molecule has 0 saturated heterocycles. The molecule has 4 nitrogen and oxygen atoms in total. The molecule has 28 heavy (non-hydrogen) atoms. The number of nitrogens with zero attached hydrogens (tertiary/aromatic N) is 1. The molecule has 1 fully saturated rings. The van der Waals surface area contributed by atoms with Gasteiger partial charge in [-0.1, -0.05) is 26.7 Å². The summed E-state index contributed by atoms with van der Waals surface area (Å²) in [6, 6.07) is 8.11. The number of Topliss-reactive ketones (excluding diaryl/α,β-unsaturated/α-hetero) is 1. The normalized spacial score (nSPS) is 22.1. The second-order valence-corrected chi connectivity index (χ2v) is 8.12. The van der Waals surface area contributed by atoms with Crippen LogP contribution in [0.3, 0.4) is 0 Å². The highest BCUT2D eigenvalue weighted by Crippen LogP contribution is 2.30. The van der Waals surface area contributed by atoms with Gasteiger partial charge in [0.1, 0.15) is 12.4 Å². The standard InChI is InChI=1S/C23H29FN2O2/c1-14-6-5-7-21(15(14)2)25-23(28)13-26-16(3)20(17(4)27)12-22(26)18-8-10-19(24)11-9-18/h8-12,14-15,21H,5-7,13H2,1-4H3,(H,25,28)/t14-,15+,21+/m0/s1. The fourth-order valence-corrected chi connectivity index (χ4v) is 4.25. The molecule has 1 aromatic heterocycles. The Morgan fingerprint density at radius 2 is 1.86 bits per heavy atom. The molecule has 1 aromatic carbocycles. The smallest absolute Gasteiger partial charge is 0.240 e. The number of rotatable bonds is 5. The number of aromatic nitrogens is 1. The first-order valence-corrected chi connectivity index (χ1v) is 10.0. The average molecular weight is 384 g/mol. The van der Waals surface area contributed by atoms with Crippen molar-refractivity contribution in [3.05, 3.63) is 47.4 Å². The lowest BCUT2D eigenvalue weighted by Crippen LogP contribution is -2.44. The summed E-state index contributed by atoms with van der Waals surface area (Å²) in [5, 5.41) is 3.20. The highest BCUT2D eigenvalue weighted by Gasteiger charge is 2.28. The van der Waals surface area contributed by atoms with Gasteiger partial charge in [0, 0.05) is 23.0 Å². The Balaban J connectivity index is 1.86. The van der Waals surface area contributed by atoms with Gasteiger partial charge in [0.15, 0.2) is 5.78 Å². The number of benzene rings is 1. The van der Waals surface area contributed by atoms with Gasteiger partial charge in [0.2, 0.25) is 5.91 Å². The highest BCUT2D eigenvalue weighted by molar-refractivity contribution is 5.97. The summed E-state index contributed by atoms with van der Waals surface area (Å²) in [5.74, 6) is 0.639. The molecule has 1 aliphatic carbocycles. The van der Waals surface area contributed by atoms with Crippen molar-refractivity contribution in [2.45, 2.75) is 59.5 Å². The summed E-state index contributed by atoms with van der Waals surface area (Å²) in [6.07, 6.45) is 3.35. The third-order valence-electron chi connectivity index (χ3n) is 6.24. The van der Waals surface area contributed by atoms with Crippen LogP contribution in [-0.4, -0.2) is 22.3 Å². The average Bonchev–Trinajstić information content (AvgIpc) is 2.96. The minimum absolute atomic E-state index is 0.0465. The maximum Gasteiger partial charge on any atom is 0.240 e. The van der Waals surface area contributed by atoms with Gasteiger partial charge in [0.05, 0.1) is 0 Å². The molecule has 1 aliphatic rings. The predicted octanol–water partition coefficient (Wildman–Crippen LogP) is 4.75. The number of ketones is 1. The maximum absolute atomic E-state index is 13.3. The number of nitrogens with one attached hydrogen (secondary N) is 1. The fourth-order valence-electron chi connectivity index (χ4n) is 4.25.